The van der Waals surface area contributed by atoms with E-state index in [1.165, 1.54) is 0 Å². The Morgan fingerprint density at radius 1 is 1.33 bits per heavy atom. The van der Waals surface area contributed by atoms with Gasteiger partial charge >= 0.3 is 0 Å². The average molecular weight is 324 g/mol. The van der Waals surface area contributed by atoms with Gasteiger partial charge in [-0.15, -0.1) is 0 Å². The fourth-order valence-corrected chi connectivity index (χ4v) is 1.82. The van der Waals surface area contributed by atoms with Crippen molar-refractivity contribution in [2.45, 2.75) is 6.61 Å². The molecule has 0 saturated carbocycles. The molecule has 0 atom stereocenters. The van der Waals surface area contributed by atoms with Crippen LogP contribution in [-0.4, -0.2) is 4.98 Å². The van der Waals surface area contributed by atoms with Gasteiger partial charge in [0.05, 0.1) is 10.7 Å². The van der Waals surface area contributed by atoms with Crippen LogP contribution in [0.25, 0.3) is 0 Å². The first-order valence-electron chi connectivity index (χ1n) is 5.12. The monoisotopic (exact) mass is 322 g/mol. The molecule has 90 valence electrons. The Morgan fingerprint density at radius 3 is 2.83 bits per heavy atom. The smallest absolute Gasteiger partial charge is 0.139 e. The summed E-state index contributed by atoms with van der Waals surface area (Å²) < 4.78 is 6.46. The van der Waals surface area contributed by atoms with Crippen molar-refractivity contribution in [2.75, 3.05) is 0 Å². The minimum Gasteiger partial charge on any atom is -0.486 e. The van der Waals surface area contributed by atoms with E-state index in [0.717, 1.165) is 10.2 Å². The van der Waals surface area contributed by atoms with Crippen molar-refractivity contribution in [3.8, 4) is 11.8 Å². The summed E-state index contributed by atoms with van der Waals surface area (Å²) in [5.41, 5.74) is 1.12. The average Bonchev–Trinajstić information content (AvgIpc) is 2.38. The van der Waals surface area contributed by atoms with Gasteiger partial charge in [0, 0.05) is 10.7 Å². The lowest BCUT2D eigenvalue weighted by molar-refractivity contribution is 0.300. The number of nitriles is 1. The van der Waals surface area contributed by atoms with Crippen molar-refractivity contribution in [2.24, 2.45) is 0 Å². The first-order chi connectivity index (χ1) is 8.70. The maximum atomic E-state index is 9.00. The number of nitrogens with zero attached hydrogens (tertiary/aromatic N) is 2. The number of ether oxygens (including phenoxy) is 1. The van der Waals surface area contributed by atoms with Crippen molar-refractivity contribution in [1.82, 2.24) is 4.98 Å². The fraction of sp³-hybridized carbons (Fsp3) is 0.0769. The molecule has 0 aliphatic heterocycles. The second kappa shape index (κ2) is 5.85. The molecule has 5 heteroatoms. The Balaban J connectivity index is 2.14. The van der Waals surface area contributed by atoms with Crippen LogP contribution >= 0.6 is 27.5 Å². The molecule has 0 bridgehead atoms. The highest BCUT2D eigenvalue weighted by Crippen LogP contribution is 2.25. The summed E-state index contributed by atoms with van der Waals surface area (Å²) in [6.07, 6.45) is 1.70. The van der Waals surface area contributed by atoms with E-state index in [1.54, 1.807) is 24.4 Å². The zero-order chi connectivity index (χ0) is 13.0. The van der Waals surface area contributed by atoms with E-state index in [-0.39, 0.29) is 0 Å². The van der Waals surface area contributed by atoms with E-state index in [1.807, 2.05) is 18.2 Å². The predicted octanol–water partition coefficient (Wildman–Crippen LogP) is 3.95. The van der Waals surface area contributed by atoms with E-state index in [9.17, 15) is 0 Å². The number of halogens is 2. The van der Waals surface area contributed by atoms with Gasteiger partial charge in [-0.2, -0.15) is 5.26 Å². The van der Waals surface area contributed by atoms with E-state index in [2.05, 4.69) is 20.9 Å². The lowest BCUT2D eigenvalue weighted by atomic mass is 10.2. The molecule has 1 aromatic carbocycles. The Morgan fingerprint density at radius 2 is 2.17 bits per heavy atom. The van der Waals surface area contributed by atoms with Gasteiger partial charge in [-0.05, 0) is 40.2 Å². The van der Waals surface area contributed by atoms with Crippen molar-refractivity contribution in [3.63, 3.8) is 0 Å². The van der Waals surface area contributed by atoms with Crippen LogP contribution in [0.15, 0.2) is 41.0 Å². The van der Waals surface area contributed by atoms with Crippen LogP contribution < -0.4 is 4.74 Å². The number of hydrogen-bond donors (Lipinski definition) is 0. The molecule has 0 aliphatic carbocycles. The van der Waals surface area contributed by atoms with E-state index >= 15 is 0 Å². The largest absolute Gasteiger partial charge is 0.486 e. The maximum absolute atomic E-state index is 9.00. The Kier molecular flexibility index (Phi) is 4.19. The Labute approximate surface area is 118 Å². The molecule has 0 fully saturated rings. The van der Waals surface area contributed by atoms with E-state index in [0.29, 0.717) is 22.9 Å². The molecule has 18 heavy (non-hydrogen) atoms. The van der Waals surface area contributed by atoms with Crippen LogP contribution in [0.2, 0.25) is 5.02 Å². The zero-order valence-electron chi connectivity index (χ0n) is 9.23. The van der Waals surface area contributed by atoms with Gasteiger partial charge in [0.2, 0.25) is 0 Å². The van der Waals surface area contributed by atoms with Crippen LogP contribution in [-0.2, 0) is 6.61 Å². The molecular formula is C13H8BrClN2O. The molecule has 0 unspecified atom stereocenters. The molecule has 0 spiro atoms. The molecule has 0 aliphatic rings. The third-order valence-corrected chi connectivity index (χ3v) is 3.04. The van der Waals surface area contributed by atoms with Crippen molar-refractivity contribution in [3.05, 3.63) is 57.3 Å². The zero-order valence-corrected chi connectivity index (χ0v) is 11.6. The van der Waals surface area contributed by atoms with Gasteiger partial charge in [-0.1, -0.05) is 17.7 Å². The minimum absolute atomic E-state index is 0.294. The standard InChI is InChI=1S/C13H8BrClN2O/c14-9-4-5-10(17-7-9)8-18-13-3-1-2-12(15)11(13)6-16/h1-5,7H,8H2. The highest BCUT2D eigenvalue weighted by Gasteiger charge is 2.07. The second-order valence-electron chi connectivity index (χ2n) is 3.48. The fourth-order valence-electron chi connectivity index (χ4n) is 1.38. The molecule has 3 nitrogen and oxygen atoms in total. The predicted molar refractivity (Wildman–Crippen MR) is 72.4 cm³/mol. The van der Waals surface area contributed by atoms with Crippen molar-refractivity contribution < 1.29 is 4.74 Å². The molecule has 0 amide bonds. The molecule has 0 radical (unpaired) electrons. The van der Waals surface area contributed by atoms with Crippen LogP contribution in [0.4, 0.5) is 0 Å². The Hall–Kier alpha value is -1.57. The van der Waals surface area contributed by atoms with Gasteiger partial charge in [-0.25, -0.2) is 0 Å². The summed E-state index contributed by atoms with van der Waals surface area (Å²) in [5, 5.41) is 9.38. The topological polar surface area (TPSA) is 45.9 Å². The first kappa shape index (κ1) is 12.9. The lowest BCUT2D eigenvalue weighted by Gasteiger charge is -2.08. The van der Waals surface area contributed by atoms with Crippen molar-refractivity contribution in [1.29, 1.82) is 5.26 Å². The quantitative estimate of drug-likeness (QED) is 0.859. The molecular weight excluding hydrogens is 316 g/mol. The summed E-state index contributed by atoms with van der Waals surface area (Å²) >= 11 is 9.22. The summed E-state index contributed by atoms with van der Waals surface area (Å²) in [6, 6.07) is 10.9. The van der Waals surface area contributed by atoms with Crippen molar-refractivity contribution >= 4 is 27.5 Å². The van der Waals surface area contributed by atoms with Gasteiger partial charge in [0.25, 0.3) is 0 Å². The van der Waals surface area contributed by atoms with Crippen LogP contribution in [0.3, 0.4) is 0 Å². The van der Waals surface area contributed by atoms with Crippen LogP contribution in [0, 0.1) is 11.3 Å². The lowest BCUT2D eigenvalue weighted by Crippen LogP contribution is -1.99. The SMILES string of the molecule is N#Cc1c(Cl)cccc1OCc1ccc(Br)cn1. The summed E-state index contributed by atoms with van der Waals surface area (Å²) in [6.45, 7) is 0.294. The third kappa shape index (κ3) is 3.00. The molecule has 1 heterocycles. The van der Waals surface area contributed by atoms with Gasteiger partial charge in [-0.3, -0.25) is 4.98 Å². The van der Waals surface area contributed by atoms with E-state index < -0.39 is 0 Å². The highest BCUT2D eigenvalue weighted by molar-refractivity contribution is 9.10. The summed E-state index contributed by atoms with van der Waals surface area (Å²) in [7, 11) is 0. The number of pyridine rings is 1. The minimum atomic E-state index is 0.294. The number of benzene rings is 1. The third-order valence-electron chi connectivity index (χ3n) is 2.25. The Bertz CT molecular complexity index is 593. The van der Waals surface area contributed by atoms with Crippen LogP contribution in [0.1, 0.15) is 11.3 Å². The van der Waals surface area contributed by atoms with Gasteiger partial charge in [0.15, 0.2) is 0 Å². The normalized spacial score (nSPS) is 9.83. The number of aromatic nitrogens is 1. The van der Waals surface area contributed by atoms with Gasteiger partial charge < -0.3 is 4.74 Å². The van der Waals surface area contributed by atoms with Crippen LogP contribution in [0.5, 0.6) is 5.75 Å². The van der Waals surface area contributed by atoms with Gasteiger partial charge in [0.1, 0.15) is 24.0 Å². The molecule has 0 N–H and O–H groups in total. The number of rotatable bonds is 3. The molecule has 1 aromatic heterocycles. The molecule has 2 aromatic rings. The summed E-state index contributed by atoms with van der Waals surface area (Å²) in [5.74, 6) is 0.467. The molecule has 0 saturated heterocycles. The maximum Gasteiger partial charge on any atom is 0.139 e. The first-order valence-corrected chi connectivity index (χ1v) is 6.29. The van der Waals surface area contributed by atoms with E-state index in [4.69, 9.17) is 21.6 Å². The molecule has 2 rings (SSSR count). The number of hydrogen-bond acceptors (Lipinski definition) is 3. The second-order valence-corrected chi connectivity index (χ2v) is 4.80. The highest BCUT2D eigenvalue weighted by atomic mass is 79.9. The summed E-state index contributed by atoms with van der Waals surface area (Å²) in [4.78, 5) is 4.18.